The molecule has 0 aromatic heterocycles. The van der Waals surface area contributed by atoms with Crippen LogP contribution in [-0.2, 0) is 9.59 Å². The topological polar surface area (TPSA) is 74.6 Å². The summed E-state index contributed by atoms with van der Waals surface area (Å²) in [6.45, 7) is 0. The summed E-state index contributed by atoms with van der Waals surface area (Å²) in [7, 11) is 0. The molecule has 4 nitrogen and oxygen atoms in total. The van der Waals surface area contributed by atoms with E-state index in [1.807, 2.05) is 6.08 Å². The Hall–Kier alpha value is -2.36. The Morgan fingerprint density at radius 2 is 1.82 bits per heavy atom. The maximum atomic E-state index is 11.2. The molecule has 2 aliphatic rings. The van der Waals surface area contributed by atoms with Crippen molar-refractivity contribution in [1.29, 1.82) is 0 Å². The molecular formula is C13H10O4. The number of carboxylic acid groups (broad SMARTS) is 2. The average Bonchev–Trinajstić information content (AvgIpc) is 2.47. The molecule has 0 amide bonds. The molecular weight excluding hydrogens is 220 g/mol. The van der Waals surface area contributed by atoms with Crippen molar-refractivity contribution in [2.24, 2.45) is 0 Å². The molecule has 0 unspecified atom stereocenters. The third-order valence-corrected chi connectivity index (χ3v) is 2.64. The zero-order valence-electron chi connectivity index (χ0n) is 8.88. The molecule has 2 aliphatic carbocycles. The number of allylic oxidation sites excluding steroid dienone is 8. The van der Waals surface area contributed by atoms with Crippen LogP contribution < -0.4 is 0 Å². The normalized spacial score (nSPS) is 18.1. The fraction of sp³-hybridized carbons (Fsp3) is 0.0769. The van der Waals surface area contributed by atoms with Crippen LogP contribution in [0.25, 0.3) is 0 Å². The minimum absolute atomic E-state index is 0.127. The van der Waals surface area contributed by atoms with E-state index in [9.17, 15) is 14.7 Å². The van der Waals surface area contributed by atoms with Crippen LogP contribution in [0.3, 0.4) is 0 Å². The molecule has 0 saturated carbocycles. The predicted molar refractivity (Wildman–Crippen MR) is 61.4 cm³/mol. The maximum absolute atomic E-state index is 11.2. The second-order valence-electron chi connectivity index (χ2n) is 3.66. The number of hydrogen-bond acceptors (Lipinski definition) is 2. The van der Waals surface area contributed by atoms with Crippen molar-refractivity contribution in [1.82, 2.24) is 0 Å². The molecule has 2 N–H and O–H groups in total. The minimum Gasteiger partial charge on any atom is -0.478 e. The maximum Gasteiger partial charge on any atom is 0.336 e. The van der Waals surface area contributed by atoms with Crippen molar-refractivity contribution in [2.45, 2.75) is 6.42 Å². The molecule has 86 valence electrons. The van der Waals surface area contributed by atoms with E-state index >= 15 is 0 Å². The monoisotopic (exact) mass is 230 g/mol. The highest BCUT2D eigenvalue weighted by Crippen LogP contribution is 2.30. The van der Waals surface area contributed by atoms with E-state index in [1.165, 1.54) is 6.08 Å². The Kier molecular flexibility index (Phi) is 2.78. The first-order valence-electron chi connectivity index (χ1n) is 5.07. The van der Waals surface area contributed by atoms with Crippen molar-refractivity contribution < 1.29 is 19.8 Å². The van der Waals surface area contributed by atoms with Gasteiger partial charge in [0.05, 0.1) is 11.1 Å². The molecule has 0 atom stereocenters. The van der Waals surface area contributed by atoms with E-state index < -0.39 is 11.9 Å². The van der Waals surface area contributed by atoms with Crippen LogP contribution in [0.2, 0.25) is 0 Å². The highest BCUT2D eigenvalue weighted by atomic mass is 16.4. The van der Waals surface area contributed by atoms with Gasteiger partial charge in [-0.15, -0.1) is 0 Å². The second-order valence-corrected chi connectivity index (χ2v) is 3.66. The van der Waals surface area contributed by atoms with E-state index in [0.717, 1.165) is 5.57 Å². The van der Waals surface area contributed by atoms with Crippen LogP contribution in [-0.4, -0.2) is 22.2 Å². The lowest BCUT2D eigenvalue weighted by molar-refractivity contribution is -0.136. The van der Waals surface area contributed by atoms with Gasteiger partial charge in [0.2, 0.25) is 0 Å². The Balaban J connectivity index is 2.67. The van der Waals surface area contributed by atoms with Crippen LogP contribution in [0.5, 0.6) is 0 Å². The second kappa shape index (κ2) is 4.25. The Morgan fingerprint density at radius 3 is 2.47 bits per heavy atom. The smallest absolute Gasteiger partial charge is 0.336 e. The lowest BCUT2D eigenvalue weighted by Gasteiger charge is -2.13. The summed E-state index contributed by atoms with van der Waals surface area (Å²) < 4.78 is 0. The number of aliphatic carboxylic acids is 2. The first-order valence-corrected chi connectivity index (χ1v) is 5.07. The first-order chi connectivity index (χ1) is 8.11. The van der Waals surface area contributed by atoms with Crippen LogP contribution in [0.1, 0.15) is 6.42 Å². The van der Waals surface area contributed by atoms with Gasteiger partial charge in [0.15, 0.2) is 0 Å². The Labute approximate surface area is 97.6 Å². The summed E-state index contributed by atoms with van der Waals surface area (Å²) in [5.41, 5.74) is 0.986. The van der Waals surface area contributed by atoms with Crippen LogP contribution >= 0.6 is 0 Å². The Morgan fingerprint density at radius 1 is 1.06 bits per heavy atom. The molecule has 17 heavy (non-hydrogen) atoms. The molecule has 0 radical (unpaired) electrons. The summed E-state index contributed by atoms with van der Waals surface area (Å²) in [6, 6.07) is 0. The van der Waals surface area contributed by atoms with Crippen molar-refractivity contribution >= 4 is 11.9 Å². The van der Waals surface area contributed by atoms with Crippen molar-refractivity contribution in [3.05, 3.63) is 58.7 Å². The lowest BCUT2D eigenvalue weighted by Crippen LogP contribution is -2.14. The van der Waals surface area contributed by atoms with Gasteiger partial charge in [0, 0.05) is 0 Å². The summed E-state index contributed by atoms with van der Waals surface area (Å²) in [5, 5.41) is 18.2. The molecule has 0 bridgehead atoms. The fourth-order valence-corrected chi connectivity index (χ4v) is 1.89. The van der Waals surface area contributed by atoms with Gasteiger partial charge in [-0.25, -0.2) is 9.59 Å². The molecule has 0 aromatic rings. The largest absolute Gasteiger partial charge is 0.478 e. The number of carboxylic acids is 2. The van der Waals surface area contributed by atoms with E-state index in [0.29, 0.717) is 12.0 Å². The fourth-order valence-electron chi connectivity index (χ4n) is 1.89. The summed E-state index contributed by atoms with van der Waals surface area (Å²) in [4.78, 5) is 22.3. The van der Waals surface area contributed by atoms with Gasteiger partial charge in [-0.2, -0.15) is 0 Å². The van der Waals surface area contributed by atoms with Gasteiger partial charge < -0.3 is 10.2 Å². The van der Waals surface area contributed by atoms with Gasteiger partial charge >= 0.3 is 11.9 Å². The zero-order valence-corrected chi connectivity index (χ0v) is 8.88. The lowest BCUT2D eigenvalue weighted by atomic mass is 9.91. The molecule has 0 aliphatic heterocycles. The molecule has 4 heteroatoms. The van der Waals surface area contributed by atoms with E-state index in [-0.39, 0.29) is 11.1 Å². The van der Waals surface area contributed by atoms with Crippen LogP contribution in [0.4, 0.5) is 0 Å². The molecule has 0 saturated heterocycles. The number of hydrogen-bond donors (Lipinski definition) is 2. The van der Waals surface area contributed by atoms with E-state index in [2.05, 4.69) is 0 Å². The van der Waals surface area contributed by atoms with Crippen molar-refractivity contribution in [3.8, 4) is 0 Å². The van der Waals surface area contributed by atoms with Crippen LogP contribution in [0.15, 0.2) is 58.7 Å². The van der Waals surface area contributed by atoms with Gasteiger partial charge in [0.25, 0.3) is 0 Å². The first kappa shape index (κ1) is 11.1. The third-order valence-electron chi connectivity index (χ3n) is 2.64. The van der Waals surface area contributed by atoms with Gasteiger partial charge in [-0.05, 0) is 23.6 Å². The minimum atomic E-state index is -1.23. The molecule has 0 heterocycles. The molecule has 0 aromatic carbocycles. The van der Waals surface area contributed by atoms with Crippen LogP contribution in [0, 0.1) is 0 Å². The Bertz CT molecular complexity index is 542. The SMILES string of the molecule is O=C(O)C1=CC=CC2=CC=CCC2=C1C(=O)O. The van der Waals surface area contributed by atoms with Crippen molar-refractivity contribution in [3.63, 3.8) is 0 Å². The average molecular weight is 230 g/mol. The van der Waals surface area contributed by atoms with Gasteiger partial charge in [-0.1, -0.05) is 30.4 Å². The van der Waals surface area contributed by atoms with E-state index in [1.54, 1.807) is 24.3 Å². The standard InChI is InChI=1S/C13H10O4/c14-12(15)10-7-3-5-8-4-1-2-6-9(8)11(10)13(16)17/h1-5,7H,6H2,(H,14,15)(H,16,17). The summed E-state index contributed by atoms with van der Waals surface area (Å²) in [6.07, 6.45) is 10.4. The third kappa shape index (κ3) is 1.97. The number of fused-ring (bicyclic) bond motifs is 1. The van der Waals surface area contributed by atoms with Crippen molar-refractivity contribution in [2.75, 3.05) is 0 Å². The molecule has 0 fully saturated rings. The molecule has 0 spiro atoms. The zero-order chi connectivity index (χ0) is 12.4. The number of rotatable bonds is 2. The summed E-state index contributed by atoms with van der Waals surface area (Å²) in [5.74, 6) is -2.44. The predicted octanol–water partition coefficient (Wildman–Crippen LogP) is 1.83. The quantitative estimate of drug-likeness (QED) is 0.759. The van der Waals surface area contributed by atoms with Gasteiger partial charge in [0.1, 0.15) is 0 Å². The highest BCUT2D eigenvalue weighted by Gasteiger charge is 2.26. The highest BCUT2D eigenvalue weighted by molar-refractivity contribution is 6.07. The molecule has 2 rings (SSSR count). The van der Waals surface area contributed by atoms with E-state index in [4.69, 9.17) is 5.11 Å². The van der Waals surface area contributed by atoms with Gasteiger partial charge in [-0.3, -0.25) is 0 Å². The summed E-state index contributed by atoms with van der Waals surface area (Å²) >= 11 is 0. The number of carbonyl (C=O) groups is 2.